The summed E-state index contributed by atoms with van der Waals surface area (Å²) in [6.07, 6.45) is 2.01. The van der Waals surface area contributed by atoms with Gasteiger partial charge in [0, 0.05) is 16.1 Å². The van der Waals surface area contributed by atoms with Crippen LogP contribution in [0.2, 0.25) is 0 Å². The van der Waals surface area contributed by atoms with Crippen LogP contribution < -0.4 is 11.1 Å². The maximum absolute atomic E-state index is 12.2. The van der Waals surface area contributed by atoms with Crippen molar-refractivity contribution in [2.45, 2.75) is 17.9 Å². The van der Waals surface area contributed by atoms with Crippen LogP contribution in [-0.4, -0.2) is 12.2 Å². The van der Waals surface area contributed by atoms with E-state index in [1.807, 2.05) is 61.7 Å². The third-order valence-corrected chi connectivity index (χ3v) is 3.91. The summed E-state index contributed by atoms with van der Waals surface area (Å²) in [5.41, 5.74) is 8.20. The molecule has 0 aromatic heterocycles. The maximum Gasteiger partial charge on any atom is 0.251 e. The molecule has 2 aromatic carbocycles. The first-order valence-electron chi connectivity index (χ1n) is 6.41. The molecule has 104 valence electrons. The summed E-state index contributed by atoms with van der Waals surface area (Å²) in [6.45, 7) is 1.93. The summed E-state index contributed by atoms with van der Waals surface area (Å²) in [5.74, 6) is -0.0894. The molecule has 20 heavy (non-hydrogen) atoms. The molecule has 0 aliphatic heterocycles. The number of carbonyl (C=O) groups excluding carboxylic acids is 1. The Balaban J connectivity index is 2.09. The fourth-order valence-electron chi connectivity index (χ4n) is 2.01. The molecule has 2 aromatic rings. The largest absolute Gasteiger partial charge is 0.398 e. The minimum absolute atomic E-state index is 0.0894. The van der Waals surface area contributed by atoms with E-state index in [0.29, 0.717) is 11.3 Å². The molecule has 0 heterocycles. The predicted octanol–water partition coefficient (Wildman–Crippen LogP) is 3.48. The molecule has 0 radical (unpaired) electrons. The number of rotatable bonds is 4. The average Bonchev–Trinajstić information content (AvgIpc) is 2.47. The molecule has 3 N–H and O–H groups in total. The highest BCUT2D eigenvalue weighted by Crippen LogP contribution is 2.20. The number of hydrogen-bond acceptors (Lipinski definition) is 3. The number of para-hydroxylation sites is 1. The number of hydrogen-bond donors (Lipinski definition) is 2. The van der Waals surface area contributed by atoms with Gasteiger partial charge in [-0.25, -0.2) is 0 Å². The number of nitrogen functional groups attached to an aromatic ring is 1. The molecule has 0 aliphatic rings. The van der Waals surface area contributed by atoms with E-state index in [0.717, 1.165) is 10.5 Å². The number of amides is 1. The summed E-state index contributed by atoms with van der Waals surface area (Å²) >= 11 is 1.65. The third kappa shape index (κ3) is 3.33. The van der Waals surface area contributed by atoms with Gasteiger partial charge in [-0.3, -0.25) is 4.79 Å². The molecular weight excluding hydrogens is 268 g/mol. The van der Waals surface area contributed by atoms with Gasteiger partial charge >= 0.3 is 0 Å². The highest BCUT2D eigenvalue weighted by Gasteiger charge is 2.13. The lowest BCUT2D eigenvalue weighted by Crippen LogP contribution is -2.27. The van der Waals surface area contributed by atoms with Crippen LogP contribution in [0, 0.1) is 0 Å². The topological polar surface area (TPSA) is 55.1 Å². The van der Waals surface area contributed by atoms with Crippen molar-refractivity contribution < 1.29 is 4.79 Å². The zero-order chi connectivity index (χ0) is 14.5. The molecule has 1 atom stereocenters. The zero-order valence-corrected chi connectivity index (χ0v) is 12.4. The molecular formula is C16H18N2OS. The quantitative estimate of drug-likeness (QED) is 0.668. The van der Waals surface area contributed by atoms with Crippen LogP contribution in [-0.2, 0) is 0 Å². The lowest BCUT2D eigenvalue weighted by molar-refractivity contribution is 0.0940. The monoisotopic (exact) mass is 286 g/mol. The Morgan fingerprint density at radius 1 is 1.15 bits per heavy atom. The van der Waals surface area contributed by atoms with Crippen molar-refractivity contribution in [1.82, 2.24) is 5.32 Å². The van der Waals surface area contributed by atoms with Crippen LogP contribution in [0.25, 0.3) is 0 Å². The summed E-state index contributed by atoms with van der Waals surface area (Å²) in [5, 5.41) is 2.97. The van der Waals surface area contributed by atoms with E-state index in [9.17, 15) is 4.79 Å². The molecule has 3 nitrogen and oxygen atoms in total. The Morgan fingerprint density at radius 3 is 2.40 bits per heavy atom. The number of anilines is 1. The minimum Gasteiger partial charge on any atom is -0.398 e. The summed E-state index contributed by atoms with van der Waals surface area (Å²) in [4.78, 5) is 13.3. The van der Waals surface area contributed by atoms with Crippen molar-refractivity contribution in [3.05, 3.63) is 59.7 Å². The molecule has 0 fully saturated rings. The first-order valence-corrected chi connectivity index (χ1v) is 7.63. The van der Waals surface area contributed by atoms with Gasteiger partial charge in [0.25, 0.3) is 5.91 Å². The second-order valence-corrected chi connectivity index (χ2v) is 5.43. The van der Waals surface area contributed by atoms with Gasteiger partial charge in [0.05, 0.1) is 6.04 Å². The first-order chi connectivity index (χ1) is 9.61. The van der Waals surface area contributed by atoms with Crippen molar-refractivity contribution >= 4 is 23.4 Å². The first kappa shape index (κ1) is 14.5. The highest BCUT2D eigenvalue weighted by molar-refractivity contribution is 7.98. The normalized spacial score (nSPS) is 11.9. The molecule has 0 bridgehead atoms. The standard InChI is InChI=1S/C16H18N2OS/c1-11(14-5-3-4-6-15(14)17)18-16(19)12-7-9-13(20-2)10-8-12/h3-11H,17H2,1-2H3,(H,18,19). The lowest BCUT2D eigenvalue weighted by atomic mass is 10.1. The van der Waals surface area contributed by atoms with Crippen molar-refractivity contribution in [3.8, 4) is 0 Å². The van der Waals surface area contributed by atoms with Gasteiger partial charge in [-0.1, -0.05) is 18.2 Å². The van der Waals surface area contributed by atoms with Crippen molar-refractivity contribution in [2.24, 2.45) is 0 Å². The van der Waals surface area contributed by atoms with Gasteiger partial charge in [0.2, 0.25) is 0 Å². The van der Waals surface area contributed by atoms with E-state index in [4.69, 9.17) is 5.73 Å². The van der Waals surface area contributed by atoms with Crippen LogP contribution in [0.1, 0.15) is 28.9 Å². The van der Waals surface area contributed by atoms with E-state index >= 15 is 0 Å². The van der Waals surface area contributed by atoms with E-state index in [-0.39, 0.29) is 11.9 Å². The van der Waals surface area contributed by atoms with Crippen molar-refractivity contribution in [3.63, 3.8) is 0 Å². The van der Waals surface area contributed by atoms with Crippen molar-refractivity contribution in [2.75, 3.05) is 12.0 Å². The zero-order valence-electron chi connectivity index (χ0n) is 11.6. The van der Waals surface area contributed by atoms with Crippen molar-refractivity contribution in [1.29, 1.82) is 0 Å². The van der Waals surface area contributed by atoms with Crippen LogP contribution in [0.5, 0.6) is 0 Å². The Bertz CT molecular complexity index is 596. The Morgan fingerprint density at radius 2 is 1.80 bits per heavy atom. The van der Waals surface area contributed by atoms with E-state index in [2.05, 4.69) is 5.32 Å². The van der Waals surface area contributed by atoms with E-state index in [1.54, 1.807) is 11.8 Å². The number of benzene rings is 2. The second kappa shape index (κ2) is 6.48. The van der Waals surface area contributed by atoms with Crippen LogP contribution in [0.4, 0.5) is 5.69 Å². The second-order valence-electron chi connectivity index (χ2n) is 4.55. The molecule has 0 aliphatic carbocycles. The summed E-state index contributed by atoms with van der Waals surface area (Å²) in [6, 6.07) is 15.0. The molecule has 4 heteroatoms. The molecule has 0 saturated heterocycles. The third-order valence-electron chi connectivity index (χ3n) is 3.16. The Hall–Kier alpha value is -1.94. The highest BCUT2D eigenvalue weighted by atomic mass is 32.2. The van der Waals surface area contributed by atoms with Gasteiger partial charge in [-0.15, -0.1) is 11.8 Å². The molecule has 0 saturated carbocycles. The van der Waals surface area contributed by atoms with Gasteiger partial charge in [-0.05, 0) is 49.1 Å². The average molecular weight is 286 g/mol. The number of thioether (sulfide) groups is 1. The Kier molecular flexibility index (Phi) is 4.69. The van der Waals surface area contributed by atoms with Gasteiger partial charge in [0.1, 0.15) is 0 Å². The van der Waals surface area contributed by atoms with Crippen LogP contribution in [0.15, 0.2) is 53.4 Å². The van der Waals surface area contributed by atoms with Gasteiger partial charge < -0.3 is 11.1 Å². The molecule has 1 unspecified atom stereocenters. The summed E-state index contributed by atoms with van der Waals surface area (Å²) in [7, 11) is 0. The number of carbonyl (C=O) groups is 1. The fraction of sp³-hybridized carbons (Fsp3) is 0.188. The predicted molar refractivity (Wildman–Crippen MR) is 85.0 cm³/mol. The van der Waals surface area contributed by atoms with Gasteiger partial charge in [-0.2, -0.15) is 0 Å². The molecule has 2 rings (SSSR count). The maximum atomic E-state index is 12.2. The molecule has 1 amide bonds. The van der Waals surface area contributed by atoms with E-state index < -0.39 is 0 Å². The van der Waals surface area contributed by atoms with E-state index in [1.165, 1.54) is 0 Å². The Labute approximate surface area is 123 Å². The minimum atomic E-state index is -0.121. The number of nitrogens with one attached hydrogen (secondary N) is 1. The van der Waals surface area contributed by atoms with Crippen LogP contribution >= 0.6 is 11.8 Å². The number of nitrogens with two attached hydrogens (primary N) is 1. The lowest BCUT2D eigenvalue weighted by Gasteiger charge is -2.16. The molecule has 0 spiro atoms. The van der Waals surface area contributed by atoms with Gasteiger partial charge in [0.15, 0.2) is 0 Å². The fourth-order valence-corrected chi connectivity index (χ4v) is 2.41. The summed E-state index contributed by atoms with van der Waals surface area (Å²) < 4.78 is 0. The SMILES string of the molecule is CSc1ccc(C(=O)NC(C)c2ccccc2N)cc1. The van der Waals surface area contributed by atoms with Crippen LogP contribution in [0.3, 0.4) is 0 Å². The smallest absolute Gasteiger partial charge is 0.251 e.